The quantitative estimate of drug-likeness (QED) is 0.506. The summed E-state index contributed by atoms with van der Waals surface area (Å²) in [6.45, 7) is 0. The molecule has 1 heterocycles. The predicted molar refractivity (Wildman–Crippen MR) is 67.9 cm³/mol. The van der Waals surface area contributed by atoms with Gasteiger partial charge in [0.15, 0.2) is 0 Å². The van der Waals surface area contributed by atoms with Gasteiger partial charge in [0.05, 0.1) is 11.2 Å². The van der Waals surface area contributed by atoms with E-state index in [1.807, 2.05) is 0 Å². The molecule has 2 rings (SSSR count). The van der Waals surface area contributed by atoms with E-state index >= 15 is 0 Å². The van der Waals surface area contributed by atoms with E-state index in [9.17, 15) is 0 Å². The van der Waals surface area contributed by atoms with Crippen molar-refractivity contribution in [2.75, 3.05) is 11.3 Å². The predicted octanol–water partition coefficient (Wildman–Crippen LogP) is 1.74. The molecule has 0 radical (unpaired) electrons. The summed E-state index contributed by atoms with van der Waals surface area (Å²) in [7, 11) is 0. The van der Waals surface area contributed by atoms with Gasteiger partial charge in [-0.05, 0) is 12.1 Å². The highest BCUT2D eigenvalue weighted by Crippen LogP contribution is 2.19. The average molecular weight is 271 g/mol. The SMILES string of the molecule is Nn1cnnc1N/N=C/c1ccc(Cl)cc1Cl. The van der Waals surface area contributed by atoms with Gasteiger partial charge in [0.25, 0.3) is 5.95 Å². The molecule has 1 aromatic heterocycles. The first-order chi connectivity index (χ1) is 8.16. The molecule has 0 spiro atoms. The van der Waals surface area contributed by atoms with Gasteiger partial charge in [-0.3, -0.25) is 0 Å². The summed E-state index contributed by atoms with van der Waals surface area (Å²) in [6, 6.07) is 5.11. The minimum Gasteiger partial charge on any atom is -0.335 e. The highest BCUT2D eigenvalue weighted by atomic mass is 35.5. The van der Waals surface area contributed by atoms with E-state index in [2.05, 4.69) is 20.7 Å². The summed E-state index contributed by atoms with van der Waals surface area (Å²) in [6.07, 6.45) is 2.89. The van der Waals surface area contributed by atoms with Gasteiger partial charge in [-0.15, -0.1) is 10.2 Å². The van der Waals surface area contributed by atoms with E-state index in [0.29, 0.717) is 16.0 Å². The topological polar surface area (TPSA) is 81.1 Å². The van der Waals surface area contributed by atoms with Crippen molar-refractivity contribution in [2.45, 2.75) is 0 Å². The lowest BCUT2D eigenvalue weighted by Gasteiger charge is -1.99. The maximum Gasteiger partial charge on any atom is 0.263 e. The van der Waals surface area contributed by atoms with Gasteiger partial charge in [-0.2, -0.15) is 5.10 Å². The van der Waals surface area contributed by atoms with Crippen molar-refractivity contribution in [3.05, 3.63) is 40.1 Å². The monoisotopic (exact) mass is 270 g/mol. The minimum atomic E-state index is 0.325. The zero-order valence-electron chi connectivity index (χ0n) is 8.51. The Labute approximate surface area is 107 Å². The summed E-state index contributed by atoms with van der Waals surface area (Å²) in [5.41, 5.74) is 3.35. The lowest BCUT2D eigenvalue weighted by atomic mass is 10.2. The van der Waals surface area contributed by atoms with Crippen molar-refractivity contribution < 1.29 is 0 Å². The second-order valence-corrected chi connectivity index (χ2v) is 3.94. The van der Waals surface area contributed by atoms with Gasteiger partial charge in [0, 0.05) is 10.6 Å². The molecule has 0 saturated carbocycles. The number of nitrogen functional groups attached to an aromatic ring is 1. The zero-order valence-corrected chi connectivity index (χ0v) is 10.0. The fourth-order valence-electron chi connectivity index (χ4n) is 1.09. The smallest absolute Gasteiger partial charge is 0.263 e. The lowest BCUT2D eigenvalue weighted by Crippen LogP contribution is -2.10. The molecule has 0 fully saturated rings. The molecule has 0 unspecified atom stereocenters. The summed E-state index contributed by atoms with van der Waals surface area (Å²) in [5, 5.41) is 12.3. The molecule has 0 aliphatic heterocycles. The minimum absolute atomic E-state index is 0.325. The third-order valence-electron chi connectivity index (χ3n) is 1.90. The Balaban J connectivity index is 2.08. The summed E-state index contributed by atoms with van der Waals surface area (Å²) in [5.74, 6) is 5.81. The molecule has 0 atom stereocenters. The second kappa shape index (κ2) is 5.03. The van der Waals surface area contributed by atoms with Crippen molar-refractivity contribution >= 4 is 35.4 Å². The molecule has 0 amide bonds. The number of halogens is 2. The number of anilines is 1. The highest BCUT2D eigenvalue weighted by molar-refractivity contribution is 6.36. The Morgan fingerprint density at radius 1 is 1.41 bits per heavy atom. The molecule has 0 aliphatic carbocycles. The molecular formula is C9H8Cl2N6. The van der Waals surface area contributed by atoms with E-state index in [0.717, 1.165) is 5.56 Å². The Bertz CT molecular complexity index is 550. The van der Waals surface area contributed by atoms with Crippen LogP contribution < -0.4 is 11.3 Å². The van der Waals surface area contributed by atoms with E-state index in [1.165, 1.54) is 17.2 Å². The number of rotatable bonds is 3. The van der Waals surface area contributed by atoms with Crippen LogP contribution in [0.3, 0.4) is 0 Å². The molecule has 1 aromatic carbocycles. The Kier molecular flexibility index (Phi) is 3.46. The Hall–Kier alpha value is -1.79. The standard InChI is InChI=1S/C9H8Cl2N6/c10-7-2-1-6(8(11)3-7)4-13-15-9-16-14-5-17(9)12/h1-5H,12H2,(H,15,16)/b13-4+. The van der Waals surface area contributed by atoms with Crippen LogP contribution in [0.1, 0.15) is 5.56 Å². The van der Waals surface area contributed by atoms with Crippen LogP contribution in [-0.4, -0.2) is 21.1 Å². The summed E-state index contributed by atoms with van der Waals surface area (Å²) in [4.78, 5) is 0. The maximum absolute atomic E-state index is 5.96. The second-order valence-electron chi connectivity index (χ2n) is 3.10. The first kappa shape index (κ1) is 11.7. The van der Waals surface area contributed by atoms with Crippen molar-refractivity contribution in [1.29, 1.82) is 0 Å². The number of benzene rings is 1. The van der Waals surface area contributed by atoms with Gasteiger partial charge >= 0.3 is 0 Å². The number of hydrogen-bond donors (Lipinski definition) is 2. The van der Waals surface area contributed by atoms with Crippen molar-refractivity contribution in [1.82, 2.24) is 14.9 Å². The van der Waals surface area contributed by atoms with Crippen molar-refractivity contribution in [2.24, 2.45) is 5.10 Å². The van der Waals surface area contributed by atoms with Crippen LogP contribution in [0, 0.1) is 0 Å². The third kappa shape index (κ3) is 2.86. The number of nitrogens with two attached hydrogens (primary N) is 1. The molecule has 0 bridgehead atoms. The van der Waals surface area contributed by atoms with E-state index in [4.69, 9.17) is 29.0 Å². The normalized spacial score (nSPS) is 10.9. The van der Waals surface area contributed by atoms with Crippen LogP contribution in [0.2, 0.25) is 10.0 Å². The van der Waals surface area contributed by atoms with Crippen LogP contribution in [0.25, 0.3) is 0 Å². The molecular weight excluding hydrogens is 263 g/mol. The molecule has 17 heavy (non-hydrogen) atoms. The number of nitrogens with zero attached hydrogens (tertiary/aromatic N) is 4. The van der Waals surface area contributed by atoms with Crippen molar-refractivity contribution in [3.8, 4) is 0 Å². The van der Waals surface area contributed by atoms with Gasteiger partial charge < -0.3 is 5.84 Å². The first-order valence-electron chi connectivity index (χ1n) is 4.56. The molecule has 2 aromatic rings. The molecule has 88 valence electrons. The van der Waals surface area contributed by atoms with Crippen LogP contribution >= 0.6 is 23.2 Å². The number of aromatic nitrogens is 3. The number of hydrogen-bond acceptors (Lipinski definition) is 5. The first-order valence-corrected chi connectivity index (χ1v) is 5.31. The van der Waals surface area contributed by atoms with E-state index < -0.39 is 0 Å². The molecule has 0 aliphatic rings. The molecule has 6 nitrogen and oxygen atoms in total. The van der Waals surface area contributed by atoms with Crippen LogP contribution in [0.4, 0.5) is 5.95 Å². The van der Waals surface area contributed by atoms with Crippen LogP contribution in [0.5, 0.6) is 0 Å². The van der Waals surface area contributed by atoms with Crippen LogP contribution in [0.15, 0.2) is 29.6 Å². The molecule has 0 saturated heterocycles. The fourth-order valence-corrected chi connectivity index (χ4v) is 1.55. The lowest BCUT2D eigenvalue weighted by molar-refractivity contribution is 0.988. The van der Waals surface area contributed by atoms with E-state index in [1.54, 1.807) is 18.2 Å². The number of hydrazone groups is 1. The van der Waals surface area contributed by atoms with Crippen LogP contribution in [-0.2, 0) is 0 Å². The summed E-state index contributed by atoms with van der Waals surface area (Å²) < 4.78 is 1.21. The zero-order chi connectivity index (χ0) is 12.3. The average Bonchev–Trinajstić information content (AvgIpc) is 2.68. The third-order valence-corrected chi connectivity index (χ3v) is 2.47. The van der Waals surface area contributed by atoms with Gasteiger partial charge in [-0.25, -0.2) is 10.1 Å². The molecule has 3 N–H and O–H groups in total. The van der Waals surface area contributed by atoms with Gasteiger partial charge in [0.1, 0.15) is 6.33 Å². The Morgan fingerprint density at radius 2 is 2.24 bits per heavy atom. The highest BCUT2D eigenvalue weighted by Gasteiger charge is 1.99. The fraction of sp³-hybridized carbons (Fsp3) is 0. The largest absolute Gasteiger partial charge is 0.335 e. The van der Waals surface area contributed by atoms with Gasteiger partial charge in [-0.1, -0.05) is 29.3 Å². The van der Waals surface area contributed by atoms with Gasteiger partial charge in [0.2, 0.25) is 0 Å². The number of nitrogens with one attached hydrogen (secondary N) is 1. The Morgan fingerprint density at radius 3 is 2.88 bits per heavy atom. The summed E-state index contributed by atoms with van der Waals surface area (Å²) >= 11 is 11.7. The van der Waals surface area contributed by atoms with Crippen molar-refractivity contribution in [3.63, 3.8) is 0 Å². The molecule has 8 heteroatoms. The van der Waals surface area contributed by atoms with E-state index in [-0.39, 0.29) is 0 Å². The maximum atomic E-state index is 5.96.